The Morgan fingerprint density at radius 1 is 1.67 bits per heavy atom. The largest absolute Gasteiger partial charge is 0.480 e. The zero-order chi connectivity index (χ0) is 11.4. The third kappa shape index (κ3) is 2.55. The van der Waals surface area contributed by atoms with Gasteiger partial charge in [-0.05, 0) is 13.3 Å². The molecule has 0 radical (unpaired) electrons. The first-order chi connectivity index (χ1) is 7.06. The third-order valence-corrected chi connectivity index (χ3v) is 1.97. The molecule has 0 aliphatic carbocycles. The highest BCUT2D eigenvalue weighted by atomic mass is 16.5. The van der Waals surface area contributed by atoms with Crippen molar-refractivity contribution in [1.82, 2.24) is 10.5 Å². The molecule has 0 aliphatic rings. The van der Waals surface area contributed by atoms with Gasteiger partial charge in [-0.1, -0.05) is 12.1 Å². The maximum atomic E-state index is 11.5. The molecular formula is C9H12N2O4. The van der Waals surface area contributed by atoms with Crippen LogP contribution in [0, 0.1) is 6.92 Å². The molecule has 15 heavy (non-hydrogen) atoms. The molecule has 0 saturated carbocycles. The molecule has 2 N–H and O–H groups in total. The summed E-state index contributed by atoms with van der Waals surface area (Å²) in [5.41, 5.74) is 0.577. The van der Waals surface area contributed by atoms with Gasteiger partial charge in [-0.2, -0.15) is 0 Å². The summed E-state index contributed by atoms with van der Waals surface area (Å²) in [7, 11) is 0. The highest BCUT2D eigenvalue weighted by molar-refractivity contribution is 5.95. The molecule has 1 aromatic heterocycles. The van der Waals surface area contributed by atoms with Crippen LogP contribution in [0.15, 0.2) is 10.7 Å². The molecule has 6 nitrogen and oxygen atoms in total. The van der Waals surface area contributed by atoms with Gasteiger partial charge < -0.3 is 14.9 Å². The standard InChI is InChI=1S/C9H12N2O4/c1-3-6(9(13)14)11-8(12)7-5(2)4-10-15-7/h4,6H,3H2,1-2H3,(H,11,12)(H,13,14)/t6-/m1/s1. The molecule has 6 heteroatoms. The Hall–Kier alpha value is -1.85. The van der Waals surface area contributed by atoms with E-state index in [1.165, 1.54) is 6.20 Å². The molecule has 1 heterocycles. The minimum atomic E-state index is -1.07. The number of carboxylic acids is 1. The maximum Gasteiger partial charge on any atom is 0.326 e. The number of carbonyl (C=O) groups is 2. The van der Waals surface area contributed by atoms with Gasteiger partial charge >= 0.3 is 5.97 Å². The average Bonchev–Trinajstić information content (AvgIpc) is 2.60. The first kappa shape index (κ1) is 11.2. The highest BCUT2D eigenvalue weighted by Gasteiger charge is 2.21. The average molecular weight is 212 g/mol. The first-order valence-electron chi connectivity index (χ1n) is 4.51. The van der Waals surface area contributed by atoms with Gasteiger partial charge in [-0.25, -0.2) is 4.79 Å². The summed E-state index contributed by atoms with van der Waals surface area (Å²) in [4.78, 5) is 22.2. The summed E-state index contributed by atoms with van der Waals surface area (Å²) >= 11 is 0. The van der Waals surface area contributed by atoms with Gasteiger partial charge in [0.15, 0.2) is 0 Å². The number of amides is 1. The molecular weight excluding hydrogens is 200 g/mol. The van der Waals surface area contributed by atoms with Crippen LogP contribution in [0.25, 0.3) is 0 Å². The molecule has 1 rings (SSSR count). The minimum absolute atomic E-state index is 0.0506. The van der Waals surface area contributed by atoms with Crippen LogP contribution in [0.4, 0.5) is 0 Å². The van der Waals surface area contributed by atoms with Crippen molar-refractivity contribution in [2.24, 2.45) is 0 Å². The number of hydrogen-bond acceptors (Lipinski definition) is 4. The quantitative estimate of drug-likeness (QED) is 0.761. The summed E-state index contributed by atoms with van der Waals surface area (Å²) in [5.74, 6) is -1.57. The Kier molecular flexibility index (Phi) is 3.43. The fourth-order valence-corrected chi connectivity index (χ4v) is 1.07. The normalized spacial score (nSPS) is 12.1. The van der Waals surface area contributed by atoms with E-state index in [-0.39, 0.29) is 5.76 Å². The number of aryl methyl sites for hydroxylation is 1. The zero-order valence-corrected chi connectivity index (χ0v) is 8.48. The van der Waals surface area contributed by atoms with Crippen molar-refractivity contribution in [3.8, 4) is 0 Å². The van der Waals surface area contributed by atoms with E-state index in [9.17, 15) is 9.59 Å². The molecule has 0 aliphatic heterocycles. The lowest BCUT2D eigenvalue weighted by atomic mass is 10.2. The molecule has 1 amide bonds. The smallest absolute Gasteiger partial charge is 0.326 e. The number of nitrogens with one attached hydrogen (secondary N) is 1. The Bertz CT molecular complexity index is 372. The Balaban J connectivity index is 2.71. The molecule has 1 atom stereocenters. The van der Waals surface area contributed by atoms with Crippen LogP contribution in [-0.2, 0) is 4.79 Å². The van der Waals surface area contributed by atoms with E-state index >= 15 is 0 Å². The second-order valence-electron chi connectivity index (χ2n) is 3.11. The van der Waals surface area contributed by atoms with Gasteiger partial charge in [-0.3, -0.25) is 4.79 Å². The summed E-state index contributed by atoms with van der Waals surface area (Å²) in [6.45, 7) is 3.33. The lowest BCUT2D eigenvalue weighted by Crippen LogP contribution is -2.40. The fourth-order valence-electron chi connectivity index (χ4n) is 1.07. The monoisotopic (exact) mass is 212 g/mol. The molecule has 82 valence electrons. The van der Waals surface area contributed by atoms with E-state index in [4.69, 9.17) is 9.63 Å². The van der Waals surface area contributed by atoms with Crippen molar-refractivity contribution < 1.29 is 19.2 Å². The van der Waals surface area contributed by atoms with Crippen LogP contribution >= 0.6 is 0 Å². The predicted molar refractivity (Wildman–Crippen MR) is 50.4 cm³/mol. The Morgan fingerprint density at radius 2 is 2.33 bits per heavy atom. The Labute approximate surface area is 86.3 Å². The SMILES string of the molecule is CC[C@@H](NC(=O)c1oncc1C)C(=O)O. The van der Waals surface area contributed by atoms with Crippen LogP contribution in [0.3, 0.4) is 0 Å². The van der Waals surface area contributed by atoms with Crippen LogP contribution in [0.1, 0.15) is 29.5 Å². The van der Waals surface area contributed by atoms with Gasteiger partial charge in [0, 0.05) is 5.56 Å². The summed E-state index contributed by atoms with van der Waals surface area (Å²) in [5, 5.41) is 14.5. The van der Waals surface area contributed by atoms with Crippen molar-refractivity contribution >= 4 is 11.9 Å². The fraction of sp³-hybridized carbons (Fsp3) is 0.444. The number of carboxylic acid groups (broad SMARTS) is 1. The summed E-state index contributed by atoms with van der Waals surface area (Å²) in [6, 6.07) is -0.901. The van der Waals surface area contributed by atoms with Gasteiger partial charge in [0.1, 0.15) is 6.04 Å². The number of nitrogens with zero attached hydrogens (tertiary/aromatic N) is 1. The van der Waals surface area contributed by atoms with Crippen molar-refractivity contribution in [3.63, 3.8) is 0 Å². The molecule has 0 spiro atoms. The number of carbonyl (C=O) groups excluding carboxylic acids is 1. The van der Waals surface area contributed by atoms with E-state index in [0.717, 1.165) is 0 Å². The van der Waals surface area contributed by atoms with Crippen LogP contribution < -0.4 is 5.32 Å². The maximum absolute atomic E-state index is 11.5. The van der Waals surface area contributed by atoms with E-state index < -0.39 is 17.9 Å². The van der Waals surface area contributed by atoms with Crippen LogP contribution in [0.2, 0.25) is 0 Å². The molecule has 0 saturated heterocycles. The Morgan fingerprint density at radius 3 is 2.73 bits per heavy atom. The second-order valence-corrected chi connectivity index (χ2v) is 3.11. The molecule has 0 bridgehead atoms. The second kappa shape index (κ2) is 4.59. The third-order valence-electron chi connectivity index (χ3n) is 1.97. The predicted octanol–water partition coefficient (Wildman–Crippen LogP) is 0.576. The number of aliphatic carboxylic acids is 1. The van der Waals surface area contributed by atoms with Crippen LogP contribution in [-0.4, -0.2) is 28.2 Å². The number of rotatable bonds is 4. The lowest BCUT2D eigenvalue weighted by molar-refractivity contribution is -0.139. The van der Waals surface area contributed by atoms with E-state index in [2.05, 4.69) is 10.5 Å². The highest BCUT2D eigenvalue weighted by Crippen LogP contribution is 2.06. The minimum Gasteiger partial charge on any atom is -0.480 e. The number of hydrogen-bond donors (Lipinski definition) is 2. The van der Waals surface area contributed by atoms with Gasteiger partial charge in [-0.15, -0.1) is 0 Å². The summed E-state index contributed by atoms with van der Waals surface area (Å²) < 4.78 is 4.70. The lowest BCUT2D eigenvalue weighted by Gasteiger charge is -2.10. The van der Waals surface area contributed by atoms with Crippen molar-refractivity contribution in [3.05, 3.63) is 17.5 Å². The number of aromatic nitrogens is 1. The van der Waals surface area contributed by atoms with Gasteiger partial charge in [0.25, 0.3) is 5.91 Å². The topological polar surface area (TPSA) is 92.4 Å². The van der Waals surface area contributed by atoms with Crippen molar-refractivity contribution in [2.75, 3.05) is 0 Å². The molecule has 0 aromatic carbocycles. The van der Waals surface area contributed by atoms with Crippen LogP contribution in [0.5, 0.6) is 0 Å². The van der Waals surface area contributed by atoms with Crippen molar-refractivity contribution in [1.29, 1.82) is 0 Å². The zero-order valence-electron chi connectivity index (χ0n) is 8.48. The van der Waals surface area contributed by atoms with E-state index in [1.807, 2.05) is 0 Å². The van der Waals surface area contributed by atoms with E-state index in [0.29, 0.717) is 12.0 Å². The summed E-state index contributed by atoms with van der Waals surface area (Å²) in [6.07, 6.45) is 1.71. The van der Waals surface area contributed by atoms with Crippen molar-refractivity contribution in [2.45, 2.75) is 26.3 Å². The molecule has 0 fully saturated rings. The molecule has 0 unspecified atom stereocenters. The van der Waals surface area contributed by atoms with E-state index in [1.54, 1.807) is 13.8 Å². The van der Waals surface area contributed by atoms with Gasteiger partial charge in [0.05, 0.1) is 6.20 Å². The van der Waals surface area contributed by atoms with Gasteiger partial charge in [0.2, 0.25) is 5.76 Å². The molecule has 1 aromatic rings. The first-order valence-corrected chi connectivity index (χ1v) is 4.51.